The molecule has 2 rings (SSSR count). The van der Waals surface area contributed by atoms with Gasteiger partial charge >= 0.3 is 5.91 Å². The molecule has 0 saturated heterocycles. The molecular formula is C18H30N4O6S. The van der Waals surface area contributed by atoms with Gasteiger partial charge in [0.2, 0.25) is 21.8 Å². The Bertz CT molecular complexity index is 786. The fourth-order valence-electron chi connectivity index (χ4n) is 3.50. The lowest BCUT2D eigenvalue weighted by molar-refractivity contribution is -0.129. The minimum atomic E-state index is -3.82. The molecule has 0 aromatic carbocycles. The largest absolute Gasteiger partial charge is 0.338 e. The highest BCUT2D eigenvalue weighted by Gasteiger charge is 2.27. The summed E-state index contributed by atoms with van der Waals surface area (Å²) in [5, 5.41) is 11.6. The molecule has 0 unspecified atom stereocenters. The van der Waals surface area contributed by atoms with Gasteiger partial charge in [-0.25, -0.2) is 18.6 Å². The highest BCUT2D eigenvalue weighted by molar-refractivity contribution is 7.90. The number of hydroxylamine groups is 1. The first-order valence-corrected chi connectivity index (χ1v) is 11.6. The molecule has 1 aromatic rings. The highest BCUT2D eigenvalue weighted by Crippen LogP contribution is 2.31. The Morgan fingerprint density at radius 1 is 1.24 bits per heavy atom. The molecule has 164 valence electrons. The van der Waals surface area contributed by atoms with Crippen LogP contribution in [-0.2, 0) is 14.8 Å². The zero-order chi connectivity index (χ0) is 21.4. The van der Waals surface area contributed by atoms with Crippen molar-refractivity contribution in [3.05, 3.63) is 11.7 Å². The number of nitrogens with zero attached hydrogens (tertiary/aromatic N) is 2. The van der Waals surface area contributed by atoms with Crippen molar-refractivity contribution in [2.45, 2.75) is 82.8 Å². The molecule has 2 amide bonds. The smallest absolute Gasteiger partial charge is 0.306 e. The first-order chi connectivity index (χ1) is 13.7. The monoisotopic (exact) mass is 430 g/mol. The van der Waals surface area contributed by atoms with Crippen LogP contribution in [0.2, 0.25) is 0 Å². The second-order valence-electron chi connectivity index (χ2n) is 7.85. The molecular weight excluding hydrogens is 400 g/mol. The van der Waals surface area contributed by atoms with Gasteiger partial charge in [-0.3, -0.25) is 14.8 Å². The summed E-state index contributed by atoms with van der Waals surface area (Å²) >= 11 is 0. The topological polar surface area (TPSA) is 151 Å². The number of rotatable bonds is 10. The molecule has 29 heavy (non-hydrogen) atoms. The second-order valence-corrected chi connectivity index (χ2v) is 10.1. The second kappa shape index (κ2) is 10.7. The molecule has 1 atom stereocenters. The lowest BCUT2D eigenvalue weighted by Crippen LogP contribution is -2.36. The predicted molar refractivity (Wildman–Crippen MR) is 104 cm³/mol. The summed E-state index contributed by atoms with van der Waals surface area (Å²) < 4.78 is 30.7. The quantitative estimate of drug-likeness (QED) is 0.378. The number of hydrogen-bond acceptors (Lipinski definition) is 8. The van der Waals surface area contributed by atoms with Gasteiger partial charge in [-0.05, 0) is 26.2 Å². The average Bonchev–Trinajstić information content (AvgIpc) is 3.17. The maximum absolute atomic E-state index is 12.1. The molecule has 1 fully saturated rings. The summed E-state index contributed by atoms with van der Waals surface area (Å²) in [6.45, 7) is 2.88. The summed E-state index contributed by atoms with van der Waals surface area (Å²) in [6, 6.07) is 0. The zero-order valence-corrected chi connectivity index (χ0v) is 17.7. The van der Waals surface area contributed by atoms with Gasteiger partial charge in [0.1, 0.15) is 0 Å². The van der Waals surface area contributed by atoms with Crippen LogP contribution in [0.25, 0.3) is 0 Å². The van der Waals surface area contributed by atoms with Gasteiger partial charge in [0.05, 0.1) is 5.25 Å². The first-order valence-electron chi connectivity index (χ1n) is 10.1. The van der Waals surface area contributed by atoms with Crippen molar-refractivity contribution in [2.75, 3.05) is 0 Å². The van der Waals surface area contributed by atoms with Gasteiger partial charge in [0.15, 0.2) is 0 Å². The van der Waals surface area contributed by atoms with E-state index in [9.17, 15) is 18.0 Å². The Labute approximate surface area is 170 Å². The van der Waals surface area contributed by atoms with Crippen LogP contribution < -0.4 is 10.2 Å². The van der Waals surface area contributed by atoms with E-state index in [0.29, 0.717) is 12.3 Å². The number of carbonyl (C=O) groups is 2. The van der Waals surface area contributed by atoms with Crippen molar-refractivity contribution in [1.82, 2.24) is 20.3 Å². The lowest BCUT2D eigenvalue weighted by Gasteiger charge is -2.22. The molecule has 0 radical (unpaired) electrons. The van der Waals surface area contributed by atoms with Crippen LogP contribution in [-0.4, -0.2) is 40.8 Å². The molecule has 1 saturated carbocycles. The van der Waals surface area contributed by atoms with E-state index in [4.69, 9.17) is 9.73 Å². The molecule has 3 N–H and O–H groups in total. The van der Waals surface area contributed by atoms with E-state index in [1.807, 2.05) is 4.72 Å². The van der Waals surface area contributed by atoms with Crippen LogP contribution in [0, 0.1) is 5.92 Å². The van der Waals surface area contributed by atoms with E-state index < -0.39 is 38.8 Å². The Balaban J connectivity index is 2.02. The Hall–Kier alpha value is -2.01. The van der Waals surface area contributed by atoms with E-state index in [-0.39, 0.29) is 12.3 Å². The average molecular weight is 431 g/mol. The van der Waals surface area contributed by atoms with Crippen LogP contribution in [0.1, 0.15) is 94.1 Å². The van der Waals surface area contributed by atoms with Gasteiger partial charge in [-0.2, -0.15) is 4.98 Å². The van der Waals surface area contributed by atoms with Gasteiger partial charge < -0.3 is 4.52 Å². The molecule has 0 spiro atoms. The maximum Gasteiger partial charge on any atom is 0.306 e. The van der Waals surface area contributed by atoms with Crippen molar-refractivity contribution >= 4 is 21.8 Å². The molecule has 0 bridgehead atoms. The standard InChI is InChI=1S/C18H30N4O6S/c1-12(2)29(26,27)22-17(24)16-19-18(28-21-16)14(11-15(23)20-25)10-6-9-13-7-4-3-5-8-13/h12-14,25H,3-11H2,1-2H3,(H,20,23)(H,22,24)/t14-/m0/s1. The Kier molecular flexibility index (Phi) is 8.57. The van der Waals surface area contributed by atoms with Crippen LogP contribution >= 0.6 is 0 Å². The fraction of sp³-hybridized carbons (Fsp3) is 0.778. The predicted octanol–water partition coefficient (Wildman–Crippen LogP) is 2.27. The summed E-state index contributed by atoms with van der Waals surface area (Å²) in [6.07, 6.45) is 8.62. The van der Waals surface area contributed by atoms with Crippen molar-refractivity contribution in [2.24, 2.45) is 5.92 Å². The van der Waals surface area contributed by atoms with Crippen LogP contribution in [0.15, 0.2) is 4.52 Å². The molecule has 11 heteroatoms. The van der Waals surface area contributed by atoms with E-state index in [2.05, 4.69) is 10.1 Å². The lowest BCUT2D eigenvalue weighted by atomic mass is 9.84. The SMILES string of the molecule is CC(C)S(=O)(=O)NC(=O)c1noc([C@@H](CCCC2CCCCC2)CC(=O)NO)n1. The van der Waals surface area contributed by atoms with Crippen LogP contribution in [0.5, 0.6) is 0 Å². The normalized spacial score (nSPS) is 16.6. The van der Waals surface area contributed by atoms with Gasteiger partial charge in [-0.15, -0.1) is 0 Å². The first kappa shape index (κ1) is 23.3. The van der Waals surface area contributed by atoms with E-state index in [1.54, 1.807) is 5.48 Å². The van der Waals surface area contributed by atoms with Crippen molar-refractivity contribution in [3.8, 4) is 0 Å². The van der Waals surface area contributed by atoms with Gasteiger partial charge in [0, 0.05) is 12.3 Å². The maximum atomic E-state index is 12.1. The summed E-state index contributed by atoms with van der Waals surface area (Å²) in [5.41, 5.74) is 1.59. The highest BCUT2D eigenvalue weighted by atomic mass is 32.2. The Morgan fingerprint density at radius 2 is 1.93 bits per heavy atom. The van der Waals surface area contributed by atoms with E-state index >= 15 is 0 Å². The third-order valence-electron chi connectivity index (χ3n) is 5.30. The number of hydrogen-bond donors (Lipinski definition) is 3. The minimum absolute atomic E-state index is 0.0735. The number of aromatic nitrogens is 2. The van der Waals surface area contributed by atoms with Crippen LogP contribution in [0.4, 0.5) is 0 Å². The summed E-state index contributed by atoms with van der Waals surface area (Å²) in [7, 11) is -3.82. The zero-order valence-electron chi connectivity index (χ0n) is 16.9. The molecule has 10 nitrogen and oxygen atoms in total. The Morgan fingerprint density at radius 3 is 2.55 bits per heavy atom. The molecule has 0 aliphatic heterocycles. The molecule has 1 aliphatic rings. The third kappa shape index (κ3) is 7.07. The summed E-state index contributed by atoms with van der Waals surface area (Å²) in [4.78, 5) is 27.8. The molecule has 1 aliphatic carbocycles. The van der Waals surface area contributed by atoms with Gasteiger partial charge in [0.25, 0.3) is 5.82 Å². The number of nitrogens with one attached hydrogen (secondary N) is 2. The van der Waals surface area contributed by atoms with E-state index in [1.165, 1.54) is 46.0 Å². The summed E-state index contributed by atoms with van der Waals surface area (Å²) in [5.74, 6) is -1.71. The number of sulfonamides is 1. The molecule has 1 heterocycles. The van der Waals surface area contributed by atoms with E-state index in [0.717, 1.165) is 12.8 Å². The van der Waals surface area contributed by atoms with Gasteiger partial charge in [-0.1, -0.05) is 50.1 Å². The van der Waals surface area contributed by atoms with Crippen molar-refractivity contribution in [3.63, 3.8) is 0 Å². The number of carbonyl (C=O) groups excluding carboxylic acids is 2. The van der Waals surface area contributed by atoms with Crippen molar-refractivity contribution < 1.29 is 27.7 Å². The molecule has 1 aromatic heterocycles. The fourth-order valence-corrected chi connectivity index (χ4v) is 4.08. The van der Waals surface area contributed by atoms with Crippen LogP contribution in [0.3, 0.4) is 0 Å². The third-order valence-corrected chi connectivity index (χ3v) is 7.01. The minimum Gasteiger partial charge on any atom is -0.338 e. The van der Waals surface area contributed by atoms with Crippen molar-refractivity contribution in [1.29, 1.82) is 0 Å². The number of amides is 2.